The van der Waals surface area contributed by atoms with E-state index in [1.165, 1.54) is 30.0 Å². The normalized spacial score (nSPS) is 12.9. The standard InChI is InChI=1S/C24H29N3O4S2/c1-3-27(4-2)23(20-13-15-32-18-20)17-25-24(28)12-9-19-7-10-22(11-8-19)33(29,30)26-16-21-6-5-14-31-21/h5-15,18,23,26H,3-4,16-17H2,1-2H3,(H,25,28)/b12-9+. The van der Waals surface area contributed by atoms with Gasteiger partial charge in [-0.3, -0.25) is 9.69 Å². The molecule has 0 radical (unpaired) electrons. The van der Waals surface area contributed by atoms with Crippen LogP contribution < -0.4 is 10.0 Å². The number of nitrogens with zero attached hydrogens (tertiary/aromatic N) is 1. The second-order valence-corrected chi connectivity index (χ2v) is 9.89. The summed E-state index contributed by atoms with van der Waals surface area (Å²) >= 11 is 1.65. The van der Waals surface area contributed by atoms with Gasteiger partial charge in [0.25, 0.3) is 0 Å². The van der Waals surface area contributed by atoms with Crippen LogP contribution in [0.5, 0.6) is 0 Å². The highest BCUT2D eigenvalue weighted by Gasteiger charge is 2.19. The quantitative estimate of drug-likeness (QED) is 0.376. The maximum Gasteiger partial charge on any atom is 0.244 e. The highest BCUT2D eigenvalue weighted by atomic mass is 32.2. The largest absolute Gasteiger partial charge is 0.468 e. The van der Waals surface area contributed by atoms with Crippen LogP contribution in [0.1, 0.15) is 36.8 Å². The van der Waals surface area contributed by atoms with E-state index in [1.807, 2.05) is 5.38 Å². The summed E-state index contributed by atoms with van der Waals surface area (Å²) in [6.07, 6.45) is 4.62. The molecule has 0 aliphatic carbocycles. The van der Waals surface area contributed by atoms with Crippen LogP contribution in [0.2, 0.25) is 0 Å². The number of furan rings is 1. The molecule has 0 fully saturated rings. The second-order valence-electron chi connectivity index (χ2n) is 7.35. The Kier molecular flexibility index (Phi) is 9.02. The number of sulfonamides is 1. The van der Waals surface area contributed by atoms with Gasteiger partial charge in [-0.1, -0.05) is 26.0 Å². The minimum atomic E-state index is -3.65. The predicted molar refractivity (Wildman–Crippen MR) is 131 cm³/mol. The van der Waals surface area contributed by atoms with Crippen molar-refractivity contribution in [2.24, 2.45) is 0 Å². The number of hydrogen-bond acceptors (Lipinski definition) is 6. The molecule has 33 heavy (non-hydrogen) atoms. The molecule has 0 aliphatic rings. The lowest BCUT2D eigenvalue weighted by Crippen LogP contribution is -2.37. The van der Waals surface area contributed by atoms with E-state index in [2.05, 4.69) is 40.2 Å². The van der Waals surface area contributed by atoms with Gasteiger partial charge in [-0.25, -0.2) is 13.1 Å². The van der Waals surface area contributed by atoms with Gasteiger partial charge in [0.05, 0.1) is 23.7 Å². The summed E-state index contributed by atoms with van der Waals surface area (Å²) < 4.78 is 32.5. The van der Waals surface area contributed by atoms with Crippen molar-refractivity contribution in [3.63, 3.8) is 0 Å². The van der Waals surface area contributed by atoms with Crippen molar-refractivity contribution in [2.45, 2.75) is 31.3 Å². The third-order valence-corrected chi connectivity index (χ3v) is 7.40. The average molecular weight is 488 g/mol. The molecular formula is C24H29N3O4S2. The minimum absolute atomic E-state index is 0.0804. The molecule has 0 bridgehead atoms. The van der Waals surface area contributed by atoms with E-state index in [-0.39, 0.29) is 23.4 Å². The van der Waals surface area contributed by atoms with E-state index in [4.69, 9.17) is 4.42 Å². The Morgan fingerprint density at radius 3 is 2.52 bits per heavy atom. The summed E-state index contributed by atoms with van der Waals surface area (Å²) in [5.41, 5.74) is 1.93. The number of benzene rings is 1. The third kappa shape index (κ3) is 7.13. The monoisotopic (exact) mass is 487 g/mol. The molecule has 0 aliphatic heterocycles. The van der Waals surface area contributed by atoms with E-state index in [0.29, 0.717) is 12.3 Å². The third-order valence-electron chi connectivity index (χ3n) is 5.28. The number of carbonyl (C=O) groups excluding carboxylic acids is 1. The van der Waals surface area contributed by atoms with Gasteiger partial charge in [-0.05, 0) is 71.4 Å². The zero-order chi connectivity index (χ0) is 23.7. The van der Waals surface area contributed by atoms with Gasteiger partial charge < -0.3 is 9.73 Å². The predicted octanol–water partition coefficient (Wildman–Crippen LogP) is 4.03. The molecule has 1 unspecified atom stereocenters. The molecule has 2 heterocycles. The van der Waals surface area contributed by atoms with Crippen LogP contribution in [-0.4, -0.2) is 38.9 Å². The van der Waals surface area contributed by atoms with E-state index < -0.39 is 10.0 Å². The van der Waals surface area contributed by atoms with Crippen molar-refractivity contribution in [3.05, 3.63) is 82.5 Å². The van der Waals surface area contributed by atoms with Gasteiger partial charge in [0.15, 0.2) is 0 Å². The lowest BCUT2D eigenvalue weighted by atomic mass is 10.1. The summed E-state index contributed by atoms with van der Waals surface area (Å²) in [5, 5.41) is 7.14. The van der Waals surface area contributed by atoms with Crippen LogP contribution in [0.15, 0.2) is 74.9 Å². The van der Waals surface area contributed by atoms with Crippen LogP contribution >= 0.6 is 11.3 Å². The van der Waals surface area contributed by atoms with Gasteiger partial charge in [0, 0.05) is 12.6 Å². The van der Waals surface area contributed by atoms with Gasteiger partial charge in [-0.2, -0.15) is 11.3 Å². The van der Waals surface area contributed by atoms with E-state index in [9.17, 15) is 13.2 Å². The first-order valence-corrected chi connectivity index (χ1v) is 13.2. The van der Waals surface area contributed by atoms with Crippen molar-refractivity contribution >= 4 is 33.3 Å². The molecule has 0 saturated heterocycles. The summed E-state index contributed by atoms with van der Waals surface area (Å²) in [6, 6.07) is 12.0. The molecule has 3 rings (SSSR count). The number of likely N-dealkylation sites (N-methyl/N-ethyl adjacent to an activating group) is 1. The van der Waals surface area contributed by atoms with Crippen LogP contribution in [0, 0.1) is 0 Å². The molecule has 1 amide bonds. The number of hydrogen-bond donors (Lipinski definition) is 2. The SMILES string of the molecule is CCN(CC)C(CNC(=O)/C=C/c1ccc(S(=O)(=O)NCc2ccco2)cc1)c1ccsc1. The molecule has 2 aromatic heterocycles. The number of carbonyl (C=O) groups is 1. The van der Waals surface area contributed by atoms with Crippen LogP contribution in [0.25, 0.3) is 6.08 Å². The first kappa shape index (κ1) is 24.9. The highest BCUT2D eigenvalue weighted by molar-refractivity contribution is 7.89. The zero-order valence-electron chi connectivity index (χ0n) is 18.7. The molecule has 2 N–H and O–H groups in total. The fraction of sp³-hybridized carbons (Fsp3) is 0.292. The molecule has 176 valence electrons. The Morgan fingerprint density at radius 2 is 1.91 bits per heavy atom. The highest BCUT2D eigenvalue weighted by Crippen LogP contribution is 2.22. The summed E-state index contributed by atoms with van der Waals surface area (Å²) in [7, 11) is -3.65. The van der Waals surface area contributed by atoms with Crippen molar-refractivity contribution in [1.82, 2.24) is 14.9 Å². The molecule has 9 heteroatoms. The Balaban J connectivity index is 1.56. The topological polar surface area (TPSA) is 91.7 Å². The Hall–Kier alpha value is -2.72. The molecule has 0 spiro atoms. The van der Waals surface area contributed by atoms with Crippen LogP contribution in [0.3, 0.4) is 0 Å². The fourth-order valence-corrected chi connectivity index (χ4v) is 5.14. The molecule has 0 saturated carbocycles. The van der Waals surface area contributed by atoms with Crippen molar-refractivity contribution in [1.29, 1.82) is 0 Å². The summed E-state index contributed by atoms with van der Waals surface area (Å²) in [6.45, 7) is 6.61. The maximum atomic E-state index is 12.4. The van der Waals surface area contributed by atoms with Gasteiger partial charge in [-0.15, -0.1) is 0 Å². The average Bonchev–Trinajstić information content (AvgIpc) is 3.54. The Bertz CT molecular complexity index is 1120. The second kappa shape index (κ2) is 11.9. The van der Waals surface area contributed by atoms with E-state index in [0.717, 1.165) is 18.7 Å². The number of amides is 1. The lowest BCUT2D eigenvalue weighted by Gasteiger charge is -2.29. The fourth-order valence-electron chi connectivity index (χ4n) is 3.44. The molecule has 1 atom stereocenters. The van der Waals surface area contributed by atoms with Crippen LogP contribution in [-0.2, 0) is 21.4 Å². The summed E-state index contributed by atoms with van der Waals surface area (Å²) in [4.78, 5) is 14.8. The van der Waals surface area contributed by atoms with Gasteiger partial charge >= 0.3 is 0 Å². The summed E-state index contributed by atoms with van der Waals surface area (Å²) in [5.74, 6) is 0.338. The number of nitrogens with one attached hydrogen (secondary N) is 2. The number of thiophene rings is 1. The first-order valence-electron chi connectivity index (χ1n) is 10.8. The first-order chi connectivity index (χ1) is 15.9. The van der Waals surface area contributed by atoms with Crippen LogP contribution in [0.4, 0.5) is 0 Å². The smallest absolute Gasteiger partial charge is 0.244 e. The van der Waals surface area contributed by atoms with E-state index >= 15 is 0 Å². The Morgan fingerprint density at radius 1 is 1.15 bits per heavy atom. The minimum Gasteiger partial charge on any atom is -0.468 e. The van der Waals surface area contributed by atoms with Crippen molar-refractivity contribution in [3.8, 4) is 0 Å². The van der Waals surface area contributed by atoms with Gasteiger partial charge in [0.2, 0.25) is 15.9 Å². The van der Waals surface area contributed by atoms with E-state index in [1.54, 1.807) is 41.7 Å². The zero-order valence-corrected chi connectivity index (χ0v) is 20.4. The molecule has 7 nitrogen and oxygen atoms in total. The molecule has 3 aromatic rings. The molecule has 1 aromatic carbocycles. The van der Waals surface area contributed by atoms with Crippen molar-refractivity contribution in [2.75, 3.05) is 19.6 Å². The van der Waals surface area contributed by atoms with Gasteiger partial charge in [0.1, 0.15) is 5.76 Å². The lowest BCUT2D eigenvalue weighted by molar-refractivity contribution is -0.116. The Labute approximate surface area is 199 Å². The number of rotatable bonds is 12. The molecular weight excluding hydrogens is 458 g/mol. The van der Waals surface area contributed by atoms with Crippen molar-refractivity contribution < 1.29 is 17.6 Å². The maximum absolute atomic E-state index is 12.4.